The van der Waals surface area contributed by atoms with E-state index in [4.69, 9.17) is 11.6 Å². The lowest BCUT2D eigenvalue weighted by Gasteiger charge is -2.07. The zero-order chi connectivity index (χ0) is 19.3. The Kier molecular flexibility index (Phi) is 6.63. The average molecular weight is 401 g/mol. The molecule has 1 aromatic heterocycles. The summed E-state index contributed by atoms with van der Waals surface area (Å²) >= 11 is 6.09. The predicted octanol–water partition coefficient (Wildman–Crippen LogP) is 1.96. The zero-order valence-electron chi connectivity index (χ0n) is 14.5. The van der Waals surface area contributed by atoms with Crippen molar-refractivity contribution in [2.24, 2.45) is 0 Å². The standard InChI is InChI=1S/C16H21ClN4O4S/c1-3-4-7-18-26(24,25)20-16(23)15-10-21(11(2)19-15)9-12-5-6-13(22)8-14(12)17/h5-6,8,10,18,22H,3-4,7,9H2,1-2H3,(H,20,23). The maximum atomic E-state index is 12.2. The van der Waals surface area contributed by atoms with Crippen molar-refractivity contribution < 1.29 is 18.3 Å². The molecule has 10 heteroatoms. The molecule has 0 aliphatic rings. The van der Waals surface area contributed by atoms with Gasteiger partial charge in [0.05, 0.1) is 6.54 Å². The fourth-order valence-electron chi connectivity index (χ4n) is 2.22. The Labute approximate surface area is 157 Å². The molecule has 0 saturated heterocycles. The number of aryl methyl sites for hydroxylation is 1. The monoisotopic (exact) mass is 400 g/mol. The first kappa shape index (κ1) is 20.2. The van der Waals surface area contributed by atoms with Crippen molar-refractivity contribution in [2.45, 2.75) is 33.2 Å². The predicted molar refractivity (Wildman–Crippen MR) is 98.5 cm³/mol. The normalized spacial score (nSPS) is 11.5. The van der Waals surface area contributed by atoms with E-state index in [0.29, 0.717) is 23.8 Å². The van der Waals surface area contributed by atoms with E-state index in [1.54, 1.807) is 17.6 Å². The van der Waals surface area contributed by atoms with E-state index in [1.807, 2.05) is 11.6 Å². The van der Waals surface area contributed by atoms with Gasteiger partial charge in [-0.15, -0.1) is 0 Å². The zero-order valence-corrected chi connectivity index (χ0v) is 16.1. The van der Waals surface area contributed by atoms with E-state index in [-0.39, 0.29) is 18.0 Å². The van der Waals surface area contributed by atoms with Crippen LogP contribution in [-0.4, -0.2) is 35.5 Å². The van der Waals surface area contributed by atoms with Crippen LogP contribution >= 0.6 is 11.6 Å². The first-order valence-electron chi connectivity index (χ1n) is 8.04. The lowest BCUT2D eigenvalue weighted by Crippen LogP contribution is -2.40. The number of rotatable bonds is 8. The number of nitrogens with one attached hydrogen (secondary N) is 2. The smallest absolute Gasteiger partial charge is 0.301 e. The van der Waals surface area contributed by atoms with Gasteiger partial charge in [0.15, 0.2) is 0 Å². The van der Waals surface area contributed by atoms with Crippen molar-refractivity contribution in [3.63, 3.8) is 0 Å². The minimum Gasteiger partial charge on any atom is -0.508 e. The number of aromatic nitrogens is 2. The second kappa shape index (κ2) is 8.52. The lowest BCUT2D eigenvalue weighted by molar-refractivity contribution is 0.0976. The number of carbonyl (C=O) groups is 1. The molecule has 8 nitrogen and oxygen atoms in total. The number of imidazole rings is 1. The number of hydrogen-bond acceptors (Lipinski definition) is 5. The van der Waals surface area contributed by atoms with Crippen LogP contribution in [0.5, 0.6) is 5.75 Å². The summed E-state index contributed by atoms with van der Waals surface area (Å²) < 4.78 is 29.6. The third-order valence-corrected chi connectivity index (χ3v) is 5.03. The van der Waals surface area contributed by atoms with Gasteiger partial charge in [0.25, 0.3) is 5.91 Å². The van der Waals surface area contributed by atoms with Gasteiger partial charge in [0.1, 0.15) is 17.3 Å². The molecule has 0 radical (unpaired) electrons. The number of nitrogens with zero attached hydrogens (tertiary/aromatic N) is 2. The molecular formula is C16H21ClN4O4S. The number of phenolic OH excluding ortho intramolecular Hbond substituents is 1. The second-order valence-electron chi connectivity index (χ2n) is 5.76. The highest BCUT2D eigenvalue weighted by Crippen LogP contribution is 2.22. The van der Waals surface area contributed by atoms with Crippen molar-refractivity contribution in [3.8, 4) is 5.75 Å². The Bertz CT molecular complexity index is 896. The van der Waals surface area contributed by atoms with E-state index in [1.165, 1.54) is 18.3 Å². The second-order valence-corrected chi connectivity index (χ2v) is 7.67. The van der Waals surface area contributed by atoms with E-state index in [0.717, 1.165) is 12.0 Å². The number of benzene rings is 1. The highest BCUT2D eigenvalue weighted by Gasteiger charge is 2.19. The van der Waals surface area contributed by atoms with Gasteiger partial charge in [-0.05, 0) is 31.0 Å². The number of halogens is 1. The number of aromatic hydroxyl groups is 1. The Balaban J connectivity index is 2.10. The number of hydrogen-bond donors (Lipinski definition) is 3. The highest BCUT2D eigenvalue weighted by molar-refractivity contribution is 7.88. The van der Waals surface area contributed by atoms with E-state index < -0.39 is 16.1 Å². The molecule has 2 aromatic rings. The van der Waals surface area contributed by atoms with Gasteiger partial charge in [0, 0.05) is 17.8 Å². The number of phenols is 1. The highest BCUT2D eigenvalue weighted by atomic mass is 35.5. The molecule has 0 bridgehead atoms. The van der Waals surface area contributed by atoms with E-state index in [9.17, 15) is 18.3 Å². The number of unbranched alkanes of at least 4 members (excludes halogenated alkanes) is 1. The molecule has 0 spiro atoms. The van der Waals surface area contributed by atoms with Crippen LogP contribution in [0.4, 0.5) is 0 Å². The molecule has 1 aromatic carbocycles. The van der Waals surface area contributed by atoms with Crippen molar-refractivity contribution >= 4 is 27.7 Å². The molecule has 1 heterocycles. The van der Waals surface area contributed by atoms with Crippen LogP contribution in [0.1, 0.15) is 41.6 Å². The maximum Gasteiger partial charge on any atom is 0.301 e. The lowest BCUT2D eigenvalue weighted by atomic mass is 10.2. The van der Waals surface area contributed by atoms with E-state index in [2.05, 4.69) is 9.71 Å². The largest absolute Gasteiger partial charge is 0.508 e. The minimum absolute atomic E-state index is 0.0155. The molecule has 0 unspecified atom stereocenters. The molecule has 0 atom stereocenters. The van der Waals surface area contributed by atoms with Crippen molar-refractivity contribution in [1.29, 1.82) is 0 Å². The molecule has 0 aliphatic heterocycles. The SMILES string of the molecule is CCCCNS(=O)(=O)NC(=O)c1cn(Cc2ccc(O)cc2Cl)c(C)n1. The third kappa shape index (κ3) is 5.45. The van der Waals surface area contributed by atoms with Crippen LogP contribution in [0.15, 0.2) is 24.4 Å². The Morgan fingerprint density at radius 3 is 2.77 bits per heavy atom. The van der Waals surface area contributed by atoms with Crippen LogP contribution in [0, 0.1) is 6.92 Å². The molecule has 1 amide bonds. The van der Waals surface area contributed by atoms with Gasteiger partial charge < -0.3 is 9.67 Å². The summed E-state index contributed by atoms with van der Waals surface area (Å²) in [6, 6.07) is 4.60. The Hall–Kier alpha value is -2.10. The minimum atomic E-state index is -3.92. The summed E-state index contributed by atoms with van der Waals surface area (Å²) in [7, 11) is -3.92. The maximum absolute atomic E-state index is 12.2. The fraction of sp³-hybridized carbons (Fsp3) is 0.375. The summed E-state index contributed by atoms with van der Waals surface area (Å²) in [6.07, 6.45) is 2.96. The molecule has 2 rings (SSSR count). The first-order chi connectivity index (χ1) is 12.2. The first-order valence-corrected chi connectivity index (χ1v) is 9.91. The molecule has 0 saturated carbocycles. The van der Waals surface area contributed by atoms with Crippen LogP contribution in [0.3, 0.4) is 0 Å². The summed E-state index contributed by atoms with van der Waals surface area (Å²) in [6.45, 7) is 4.21. The molecule has 26 heavy (non-hydrogen) atoms. The Morgan fingerprint density at radius 2 is 2.12 bits per heavy atom. The molecule has 3 N–H and O–H groups in total. The number of carbonyl (C=O) groups excluding carboxylic acids is 1. The fourth-order valence-corrected chi connectivity index (χ4v) is 3.29. The molecule has 0 fully saturated rings. The van der Waals surface area contributed by atoms with Crippen molar-refractivity contribution in [3.05, 3.63) is 46.5 Å². The summed E-state index contributed by atoms with van der Waals surface area (Å²) in [5.74, 6) is -0.231. The topological polar surface area (TPSA) is 113 Å². The summed E-state index contributed by atoms with van der Waals surface area (Å²) in [4.78, 5) is 16.3. The van der Waals surface area contributed by atoms with Gasteiger partial charge in [-0.2, -0.15) is 13.1 Å². The van der Waals surface area contributed by atoms with Gasteiger partial charge in [-0.1, -0.05) is 31.0 Å². The van der Waals surface area contributed by atoms with Gasteiger partial charge in [0.2, 0.25) is 0 Å². The van der Waals surface area contributed by atoms with Gasteiger partial charge in [-0.25, -0.2) is 9.71 Å². The number of amides is 1. The Morgan fingerprint density at radius 1 is 1.38 bits per heavy atom. The average Bonchev–Trinajstić information content (AvgIpc) is 2.91. The quantitative estimate of drug-likeness (QED) is 0.586. The summed E-state index contributed by atoms with van der Waals surface area (Å²) in [5.41, 5.74) is 0.712. The van der Waals surface area contributed by atoms with Crippen LogP contribution in [0.2, 0.25) is 5.02 Å². The van der Waals surface area contributed by atoms with Crippen molar-refractivity contribution in [2.75, 3.05) is 6.54 Å². The summed E-state index contributed by atoms with van der Waals surface area (Å²) in [5, 5.41) is 9.78. The van der Waals surface area contributed by atoms with E-state index >= 15 is 0 Å². The van der Waals surface area contributed by atoms with Gasteiger partial charge in [-0.3, -0.25) is 4.79 Å². The van der Waals surface area contributed by atoms with Gasteiger partial charge >= 0.3 is 10.2 Å². The molecule has 0 aliphatic carbocycles. The van der Waals surface area contributed by atoms with Crippen LogP contribution in [0.25, 0.3) is 0 Å². The van der Waals surface area contributed by atoms with Crippen LogP contribution < -0.4 is 9.44 Å². The molecular weight excluding hydrogens is 380 g/mol. The van der Waals surface area contributed by atoms with Crippen molar-refractivity contribution in [1.82, 2.24) is 19.0 Å². The third-order valence-electron chi connectivity index (χ3n) is 3.64. The van der Waals surface area contributed by atoms with Crippen LogP contribution in [-0.2, 0) is 16.8 Å². The molecule has 142 valence electrons.